The van der Waals surface area contributed by atoms with Gasteiger partial charge in [-0.3, -0.25) is 4.90 Å². The molecule has 0 aromatic heterocycles. The fourth-order valence-electron chi connectivity index (χ4n) is 2.16. The summed E-state index contributed by atoms with van der Waals surface area (Å²) in [5.74, 6) is 0. The van der Waals surface area contributed by atoms with Crippen molar-refractivity contribution in [1.82, 2.24) is 10.2 Å². The number of rotatable bonds is 10. The molecule has 0 aliphatic heterocycles. The quantitative estimate of drug-likeness (QED) is 0.669. The molecule has 0 fully saturated rings. The van der Waals surface area contributed by atoms with Crippen LogP contribution in [0.25, 0.3) is 0 Å². The van der Waals surface area contributed by atoms with Crippen LogP contribution in [0.15, 0.2) is 24.3 Å². The summed E-state index contributed by atoms with van der Waals surface area (Å²) < 4.78 is 0. The van der Waals surface area contributed by atoms with E-state index in [0.717, 1.165) is 13.1 Å². The number of nitriles is 3. The van der Waals surface area contributed by atoms with E-state index >= 15 is 0 Å². The van der Waals surface area contributed by atoms with Gasteiger partial charge in [-0.05, 0) is 11.1 Å². The lowest BCUT2D eigenvalue weighted by Gasteiger charge is -2.20. The maximum atomic E-state index is 8.72. The number of nitrogens with zero attached hydrogens (tertiary/aromatic N) is 4. The molecule has 1 rings (SSSR count). The van der Waals surface area contributed by atoms with E-state index in [4.69, 9.17) is 15.8 Å². The second-order valence-corrected chi connectivity index (χ2v) is 5.00. The van der Waals surface area contributed by atoms with Crippen molar-refractivity contribution in [2.24, 2.45) is 0 Å². The van der Waals surface area contributed by atoms with E-state index < -0.39 is 0 Å². The van der Waals surface area contributed by atoms with Gasteiger partial charge in [-0.2, -0.15) is 15.8 Å². The first-order chi connectivity index (χ1) is 10.8. The van der Waals surface area contributed by atoms with Crippen LogP contribution in [-0.4, -0.2) is 24.5 Å². The smallest absolute Gasteiger partial charge is 0.0635 e. The van der Waals surface area contributed by atoms with Crippen molar-refractivity contribution in [3.05, 3.63) is 35.4 Å². The SMILES string of the molecule is N#CCCNCc1cccc(CN(CCC#N)CCC#N)c1. The third-order valence-electron chi connectivity index (χ3n) is 3.22. The van der Waals surface area contributed by atoms with Crippen molar-refractivity contribution in [3.63, 3.8) is 0 Å². The average Bonchev–Trinajstić information content (AvgIpc) is 2.54. The number of hydrogen-bond acceptors (Lipinski definition) is 5. The molecule has 1 aromatic rings. The Labute approximate surface area is 132 Å². The van der Waals surface area contributed by atoms with Crippen LogP contribution in [-0.2, 0) is 13.1 Å². The summed E-state index contributed by atoms with van der Waals surface area (Å²) in [6, 6.07) is 14.7. The molecule has 0 heterocycles. The molecule has 0 spiro atoms. The van der Waals surface area contributed by atoms with Crippen molar-refractivity contribution in [2.45, 2.75) is 32.4 Å². The highest BCUT2D eigenvalue weighted by Gasteiger charge is 2.06. The Bertz CT molecular complexity index is 544. The van der Waals surface area contributed by atoms with Gasteiger partial charge in [-0.25, -0.2) is 0 Å². The van der Waals surface area contributed by atoms with Crippen molar-refractivity contribution in [2.75, 3.05) is 19.6 Å². The third-order valence-corrected chi connectivity index (χ3v) is 3.22. The van der Waals surface area contributed by atoms with Crippen LogP contribution in [0.5, 0.6) is 0 Å². The van der Waals surface area contributed by atoms with Crippen molar-refractivity contribution >= 4 is 0 Å². The third kappa shape index (κ3) is 7.41. The second kappa shape index (κ2) is 11.3. The van der Waals surface area contributed by atoms with Gasteiger partial charge in [0.1, 0.15) is 0 Å². The Morgan fingerprint density at radius 3 is 2.18 bits per heavy atom. The maximum Gasteiger partial charge on any atom is 0.0635 e. The predicted molar refractivity (Wildman–Crippen MR) is 84.1 cm³/mol. The van der Waals surface area contributed by atoms with Crippen molar-refractivity contribution in [1.29, 1.82) is 15.8 Å². The molecule has 0 saturated carbocycles. The lowest BCUT2D eigenvalue weighted by Crippen LogP contribution is -2.25. The molecule has 0 aliphatic rings. The van der Waals surface area contributed by atoms with Gasteiger partial charge in [-0.1, -0.05) is 24.3 Å². The first-order valence-electron chi connectivity index (χ1n) is 7.42. The highest BCUT2D eigenvalue weighted by molar-refractivity contribution is 5.23. The zero-order valence-corrected chi connectivity index (χ0v) is 12.8. The first-order valence-corrected chi connectivity index (χ1v) is 7.42. The molecular formula is C17H21N5. The Morgan fingerprint density at radius 1 is 0.909 bits per heavy atom. The van der Waals surface area contributed by atoms with E-state index in [0.29, 0.717) is 38.9 Å². The zero-order chi connectivity index (χ0) is 16.0. The summed E-state index contributed by atoms with van der Waals surface area (Å²) in [4.78, 5) is 2.13. The first kappa shape index (κ1) is 17.7. The fourth-order valence-corrected chi connectivity index (χ4v) is 2.16. The lowest BCUT2D eigenvalue weighted by molar-refractivity contribution is 0.278. The summed E-state index contributed by atoms with van der Waals surface area (Å²) in [6.45, 7) is 3.55. The lowest BCUT2D eigenvalue weighted by atomic mass is 10.1. The van der Waals surface area contributed by atoms with E-state index in [9.17, 15) is 0 Å². The highest BCUT2D eigenvalue weighted by Crippen LogP contribution is 2.09. The van der Waals surface area contributed by atoms with E-state index in [-0.39, 0.29) is 0 Å². The zero-order valence-electron chi connectivity index (χ0n) is 12.8. The largest absolute Gasteiger partial charge is 0.312 e. The summed E-state index contributed by atoms with van der Waals surface area (Å²) in [6.07, 6.45) is 1.46. The van der Waals surface area contributed by atoms with Crippen LogP contribution in [0.4, 0.5) is 0 Å². The van der Waals surface area contributed by atoms with Gasteiger partial charge in [0, 0.05) is 52.0 Å². The molecule has 1 aromatic carbocycles. The summed E-state index contributed by atoms with van der Waals surface area (Å²) in [5, 5.41) is 29.2. The Morgan fingerprint density at radius 2 is 1.55 bits per heavy atom. The van der Waals surface area contributed by atoms with Crippen LogP contribution in [0, 0.1) is 34.0 Å². The summed E-state index contributed by atoms with van der Waals surface area (Å²) >= 11 is 0. The van der Waals surface area contributed by atoms with E-state index in [1.54, 1.807) is 0 Å². The molecule has 0 radical (unpaired) electrons. The van der Waals surface area contributed by atoms with E-state index in [1.165, 1.54) is 11.1 Å². The van der Waals surface area contributed by atoms with Gasteiger partial charge in [0.2, 0.25) is 0 Å². The molecule has 5 heteroatoms. The molecule has 0 atom stereocenters. The van der Waals surface area contributed by atoms with Crippen LogP contribution < -0.4 is 5.32 Å². The van der Waals surface area contributed by atoms with Gasteiger partial charge >= 0.3 is 0 Å². The Hall–Kier alpha value is -2.39. The number of benzene rings is 1. The maximum absolute atomic E-state index is 8.72. The number of nitrogens with one attached hydrogen (secondary N) is 1. The van der Waals surface area contributed by atoms with Gasteiger partial charge in [0.05, 0.1) is 18.2 Å². The molecular weight excluding hydrogens is 274 g/mol. The van der Waals surface area contributed by atoms with Crippen LogP contribution in [0.1, 0.15) is 30.4 Å². The van der Waals surface area contributed by atoms with E-state index in [1.807, 2.05) is 6.07 Å². The van der Waals surface area contributed by atoms with Gasteiger partial charge in [0.25, 0.3) is 0 Å². The van der Waals surface area contributed by atoms with E-state index in [2.05, 4.69) is 46.6 Å². The molecule has 0 saturated heterocycles. The normalized spacial score (nSPS) is 9.91. The van der Waals surface area contributed by atoms with Crippen LogP contribution in [0.2, 0.25) is 0 Å². The second-order valence-electron chi connectivity index (χ2n) is 5.00. The molecule has 1 N–H and O–H groups in total. The minimum atomic E-state index is 0.473. The molecule has 0 aliphatic carbocycles. The summed E-state index contributed by atoms with van der Waals surface area (Å²) in [7, 11) is 0. The standard InChI is InChI=1S/C17H21N5/c18-7-2-10-21-14-16-5-1-6-17(13-16)15-22(11-3-8-19)12-4-9-20/h1,5-6,13,21H,2-4,10-12,14-15H2. The topological polar surface area (TPSA) is 86.6 Å². The molecule has 0 bridgehead atoms. The van der Waals surface area contributed by atoms with Gasteiger partial charge < -0.3 is 5.32 Å². The molecule has 0 amide bonds. The molecule has 114 valence electrons. The fraction of sp³-hybridized carbons (Fsp3) is 0.471. The average molecular weight is 295 g/mol. The van der Waals surface area contributed by atoms with Crippen LogP contribution in [0.3, 0.4) is 0 Å². The minimum Gasteiger partial charge on any atom is -0.312 e. The highest BCUT2D eigenvalue weighted by atomic mass is 15.1. The van der Waals surface area contributed by atoms with Crippen molar-refractivity contribution < 1.29 is 0 Å². The van der Waals surface area contributed by atoms with Gasteiger partial charge in [0.15, 0.2) is 0 Å². The molecule has 5 nitrogen and oxygen atoms in total. The Balaban J connectivity index is 2.56. The molecule has 0 unspecified atom stereocenters. The monoisotopic (exact) mass is 295 g/mol. The van der Waals surface area contributed by atoms with Crippen LogP contribution >= 0.6 is 0 Å². The predicted octanol–water partition coefficient (Wildman–Crippen LogP) is 2.32. The Kier molecular flexibility index (Phi) is 9.06. The number of hydrogen-bond donors (Lipinski definition) is 1. The summed E-state index contributed by atoms with van der Waals surface area (Å²) in [5.41, 5.74) is 2.35. The minimum absolute atomic E-state index is 0.473. The van der Waals surface area contributed by atoms with Crippen molar-refractivity contribution in [3.8, 4) is 18.2 Å². The van der Waals surface area contributed by atoms with Gasteiger partial charge in [-0.15, -0.1) is 0 Å². The molecule has 22 heavy (non-hydrogen) atoms.